The van der Waals surface area contributed by atoms with Gasteiger partial charge in [-0.15, -0.1) is 0 Å². The molecule has 0 amide bonds. The topological polar surface area (TPSA) is 23.8 Å². The molecule has 0 aromatic heterocycles. The Morgan fingerprint density at radius 1 is 1.27 bits per heavy atom. The van der Waals surface area contributed by atoms with Crippen molar-refractivity contribution in [3.05, 3.63) is 0 Å². The molecule has 1 nitrogen and oxygen atoms in total. The van der Waals surface area contributed by atoms with Crippen molar-refractivity contribution in [1.82, 2.24) is 0 Å². The van der Waals surface area contributed by atoms with Crippen LogP contribution >= 0.6 is 0 Å². The molecular formula is C8H11F2N. The molecule has 0 N–H and O–H groups in total. The summed E-state index contributed by atoms with van der Waals surface area (Å²) in [5.74, 6) is 0.0852. The van der Waals surface area contributed by atoms with Crippen LogP contribution in [0.2, 0.25) is 0 Å². The van der Waals surface area contributed by atoms with Crippen molar-refractivity contribution in [3.63, 3.8) is 0 Å². The minimum Gasteiger partial charge on any atom is -0.244 e. The van der Waals surface area contributed by atoms with Gasteiger partial charge in [0.15, 0.2) is 0 Å². The Morgan fingerprint density at radius 2 is 2.00 bits per heavy atom. The second kappa shape index (κ2) is 3.66. The van der Waals surface area contributed by atoms with Crippen LogP contribution < -0.4 is 0 Å². The van der Waals surface area contributed by atoms with Crippen LogP contribution in [0.15, 0.2) is 0 Å². The van der Waals surface area contributed by atoms with Crippen molar-refractivity contribution in [2.45, 2.75) is 38.0 Å². The predicted molar refractivity (Wildman–Crippen MR) is 37.4 cm³/mol. The van der Waals surface area contributed by atoms with E-state index >= 15 is 0 Å². The average Bonchev–Trinajstić information content (AvgIpc) is 1.98. The summed E-state index contributed by atoms with van der Waals surface area (Å²) in [5.41, 5.74) is 0. The lowest BCUT2D eigenvalue weighted by molar-refractivity contribution is 0.0909. The molecule has 3 heteroatoms. The maximum atomic E-state index is 12.7. The molecule has 1 saturated carbocycles. The van der Waals surface area contributed by atoms with Crippen LogP contribution in [0.3, 0.4) is 0 Å². The van der Waals surface area contributed by atoms with E-state index in [9.17, 15) is 8.78 Å². The van der Waals surface area contributed by atoms with Gasteiger partial charge < -0.3 is 0 Å². The van der Waals surface area contributed by atoms with Crippen molar-refractivity contribution < 1.29 is 8.78 Å². The van der Waals surface area contributed by atoms with Gasteiger partial charge in [0.05, 0.1) is 6.07 Å². The lowest BCUT2D eigenvalue weighted by Gasteiger charge is -2.25. The lowest BCUT2D eigenvalue weighted by atomic mass is 9.85. The molecule has 1 rings (SSSR count). The summed E-state index contributed by atoms with van der Waals surface area (Å²) in [6.45, 7) is 0. The SMILES string of the molecule is N#CCC1CCC(F)C(F)C1. The standard InChI is InChI=1S/C8H11F2N/c9-7-2-1-6(3-4-11)5-8(7)10/h6-8H,1-3,5H2. The van der Waals surface area contributed by atoms with Crippen LogP contribution in [-0.2, 0) is 0 Å². The summed E-state index contributed by atoms with van der Waals surface area (Å²) in [5, 5.41) is 8.30. The Bertz CT molecular complexity index is 164. The largest absolute Gasteiger partial charge is 0.244 e. The summed E-state index contributed by atoms with van der Waals surface area (Å²) in [6.07, 6.45) is -1.07. The molecule has 11 heavy (non-hydrogen) atoms. The van der Waals surface area contributed by atoms with Gasteiger partial charge in [-0.2, -0.15) is 5.26 Å². The minimum atomic E-state index is -1.33. The second-order valence-corrected chi connectivity index (χ2v) is 3.07. The molecule has 0 bridgehead atoms. The van der Waals surface area contributed by atoms with Gasteiger partial charge in [0.2, 0.25) is 0 Å². The van der Waals surface area contributed by atoms with E-state index < -0.39 is 12.3 Å². The number of rotatable bonds is 1. The van der Waals surface area contributed by atoms with Gasteiger partial charge in [-0.05, 0) is 25.2 Å². The third-order valence-electron chi connectivity index (χ3n) is 2.18. The van der Waals surface area contributed by atoms with Gasteiger partial charge in [0.1, 0.15) is 12.3 Å². The number of hydrogen-bond donors (Lipinski definition) is 0. The molecule has 1 aliphatic rings. The van der Waals surface area contributed by atoms with Gasteiger partial charge >= 0.3 is 0 Å². The maximum Gasteiger partial charge on any atom is 0.131 e. The number of nitrogens with zero attached hydrogens (tertiary/aromatic N) is 1. The number of alkyl halides is 2. The fourth-order valence-corrected chi connectivity index (χ4v) is 1.47. The first kappa shape index (κ1) is 8.45. The van der Waals surface area contributed by atoms with Gasteiger partial charge in [0, 0.05) is 6.42 Å². The molecule has 1 fully saturated rings. The average molecular weight is 159 g/mol. The minimum absolute atomic E-state index is 0.0852. The van der Waals surface area contributed by atoms with Crippen molar-refractivity contribution >= 4 is 0 Å². The molecular weight excluding hydrogens is 148 g/mol. The molecule has 1 aliphatic carbocycles. The molecule has 0 aliphatic heterocycles. The van der Waals surface area contributed by atoms with Crippen LogP contribution in [0.25, 0.3) is 0 Å². The Labute approximate surface area is 65.0 Å². The summed E-state index contributed by atoms with van der Waals surface area (Å²) >= 11 is 0. The Kier molecular flexibility index (Phi) is 2.81. The van der Waals surface area contributed by atoms with E-state index in [2.05, 4.69) is 0 Å². The van der Waals surface area contributed by atoms with Crippen molar-refractivity contribution in [2.75, 3.05) is 0 Å². The van der Waals surface area contributed by atoms with Crippen LogP contribution in [0, 0.1) is 17.2 Å². The van der Waals surface area contributed by atoms with E-state index in [1.54, 1.807) is 0 Å². The van der Waals surface area contributed by atoms with Crippen LogP contribution in [-0.4, -0.2) is 12.3 Å². The van der Waals surface area contributed by atoms with Crippen molar-refractivity contribution in [1.29, 1.82) is 5.26 Å². The first-order valence-corrected chi connectivity index (χ1v) is 3.89. The number of hydrogen-bond acceptors (Lipinski definition) is 1. The van der Waals surface area contributed by atoms with Crippen molar-refractivity contribution in [3.8, 4) is 6.07 Å². The molecule has 0 heterocycles. The zero-order chi connectivity index (χ0) is 8.27. The Hall–Kier alpha value is -0.650. The normalized spacial score (nSPS) is 38.1. The van der Waals surface area contributed by atoms with Crippen LogP contribution in [0.1, 0.15) is 25.7 Å². The van der Waals surface area contributed by atoms with E-state index in [1.807, 2.05) is 6.07 Å². The van der Waals surface area contributed by atoms with Crippen LogP contribution in [0.5, 0.6) is 0 Å². The first-order valence-electron chi connectivity index (χ1n) is 3.89. The maximum absolute atomic E-state index is 12.7. The zero-order valence-corrected chi connectivity index (χ0v) is 6.26. The molecule has 3 atom stereocenters. The van der Waals surface area contributed by atoms with Gasteiger partial charge in [0.25, 0.3) is 0 Å². The third kappa shape index (κ3) is 2.14. The van der Waals surface area contributed by atoms with E-state index in [0.717, 1.165) is 0 Å². The van der Waals surface area contributed by atoms with Gasteiger partial charge in [-0.25, -0.2) is 8.78 Å². The fourth-order valence-electron chi connectivity index (χ4n) is 1.47. The molecule has 0 spiro atoms. The lowest BCUT2D eigenvalue weighted by Crippen LogP contribution is -2.27. The highest BCUT2D eigenvalue weighted by atomic mass is 19.2. The highest BCUT2D eigenvalue weighted by Gasteiger charge is 2.29. The van der Waals surface area contributed by atoms with E-state index in [4.69, 9.17) is 5.26 Å². The van der Waals surface area contributed by atoms with Gasteiger partial charge in [-0.3, -0.25) is 0 Å². The van der Waals surface area contributed by atoms with Gasteiger partial charge in [-0.1, -0.05) is 0 Å². The highest BCUT2D eigenvalue weighted by molar-refractivity contribution is 4.85. The summed E-state index contributed by atoms with van der Waals surface area (Å²) < 4.78 is 25.2. The quantitative estimate of drug-likeness (QED) is 0.576. The summed E-state index contributed by atoms with van der Waals surface area (Å²) in [4.78, 5) is 0. The molecule has 62 valence electrons. The Balaban J connectivity index is 2.35. The highest BCUT2D eigenvalue weighted by Crippen LogP contribution is 2.30. The van der Waals surface area contributed by atoms with E-state index in [0.29, 0.717) is 12.8 Å². The first-order chi connectivity index (χ1) is 5.24. The van der Waals surface area contributed by atoms with Crippen molar-refractivity contribution in [2.24, 2.45) is 5.92 Å². The molecule has 3 unspecified atom stereocenters. The van der Waals surface area contributed by atoms with E-state index in [1.165, 1.54) is 0 Å². The smallest absolute Gasteiger partial charge is 0.131 e. The number of nitriles is 1. The zero-order valence-electron chi connectivity index (χ0n) is 6.26. The third-order valence-corrected chi connectivity index (χ3v) is 2.18. The molecule has 0 aromatic carbocycles. The predicted octanol–water partition coefficient (Wildman–Crippen LogP) is 2.38. The number of halogens is 2. The monoisotopic (exact) mass is 159 g/mol. The summed E-state index contributed by atoms with van der Waals surface area (Å²) in [7, 11) is 0. The molecule has 0 radical (unpaired) electrons. The fraction of sp³-hybridized carbons (Fsp3) is 0.875. The van der Waals surface area contributed by atoms with E-state index in [-0.39, 0.29) is 18.8 Å². The Morgan fingerprint density at radius 3 is 2.55 bits per heavy atom. The molecule has 0 aromatic rings. The van der Waals surface area contributed by atoms with Crippen LogP contribution in [0.4, 0.5) is 8.78 Å². The molecule has 0 saturated heterocycles. The second-order valence-electron chi connectivity index (χ2n) is 3.07. The summed E-state index contributed by atoms with van der Waals surface area (Å²) in [6, 6.07) is 1.98.